The molecule has 0 atom stereocenters. The smallest absolute Gasteiger partial charge is 0.257 e. The second-order valence-electron chi connectivity index (χ2n) is 7.22. The highest BCUT2D eigenvalue weighted by molar-refractivity contribution is 7.13. The highest BCUT2D eigenvalue weighted by atomic mass is 32.1. The predicted molar refractivity (Wildman–Crippen MR) is 116 cm³/mol. The van der Waals surface area contributed by atoms with Crippen LogP contribution in [0, 0.1) is 0 Å². The maximum atomic E-state index is 12.8. The van der Waals surface area contributed by atoms with Crippen molar-refractivity contribution in [2.75, 3.05) is 26.2 Å². The first-order chi connectivity index (χ1) is 15.3. The maximum absolute atomic E-state index is 12.8. The van der Waals surface area contributed by atoms with E-state index in [1.54, 1.807) is 23.7 Å². The fraction of sp³-hybridized carbons (Fsp3) is 0.227. The minimum atomic E-state index is -0.0444. The van der Waals surface area contributed by atoms with Crippen molar-refractivity contribution in [3.63, 3.8) is 0 Å². The van der Waals surface area contributed by atoms with Crippen molar-refractivity contribution in [3.8, 4) is 22.1 Å². The summed E-state index contributed by atoms with van der Waals surface area (Å²) in [5, 5.41) is 6.04. The van der Waals surface area contributed by atoms with Gasteiger partial charge in [0.05, 0.1) is 17.0 Å². The van der Waals surface area contributed by atoms with Crippen LogP contribution in [0.1, 0.15) is 16.2 Å². The number of piperazine rings is 1. The van der Waals surface area contributed by atoms with Crippen LogP contribution in [0.25, 0.3) is 22.1 Å². The van der Waals surface area contributed by atoms with Gasteiger partial charge in [0, 0.05) is 44.1 Å². The molecular weight excluding hydrogens is 412 g/mol. The molecule has 0 unspecified atom stereocenters. The lowest BCUT2D eigenvalue weighted by atomic mass is 10.2. The Kier molecular flexibility index (Phi) is 5.51. The number of carbonyl (C=O) groups excluding carboxylic acids is 1. The van der Waals surface area contributed by atoms with Gasteiger partial charge in [-0.2, -0.15) is 4.98 Å². The zero-order chi connectivity index (χ0) is 21.0. The number of benzene rings is 1. The van der Waals surface area contributed by atoms with E-state index >= 15 is 0 Å². The Bertz CT molecular complexity index is 1140. The van der Waals surface area contributed by atoms with Crippen molar-refractivity contribution in [1.29, 1.82) is 0 Å². The zero-order valence-corrected chi connectivity index (χ0v) is 17.5. The summed E-state index contributed by atoms with van der Waals surface area (Å²) in [4.78, 5) is 31.1. The first-order valence-corrected chi connectivity index (χ1v) is 10.9. The van der Waals surface area contributed by atoms with Gasteiger partial charge in [-0.15, -0.1) is 11.3 Å². The van der Waals surface area contributed by atoms with E-state index in [9.17, 15) is 4.79 Å². The first kappa shape index (κ1) is 19.5. The van der Waals surface area contributed by atoms with Crippen molar-refractivity contribution in [1.82, 2.24) is 29.9 Å². The van der Waals surface area contributed by atoms with Gasteiger partial charge in [0.1, 0.15) is 0 Å². The Morgan fingerprint density at radius 3 is 2.45 bits per heavy atom. The van der Waals surface area contributed by atoms with Crippen LogP contribution in [0.5, 0.6) is 0 Å². The minimum absolute atomic E-state index is 0.0444. The average Bonchev–Trinajstić information content (AvgIpc) is 3.52. The lowest BCUT2D eigenvalue weighted by molar-refractivity contribution is 0.0614. The van der Waals surface area contributed by atoms with Gasteiger partial charge in [0.25, 0.3) is 5.91 Å². The number of carbonyl (C=O) groups is 1. The molecule has 0 saturated carbocycles. The van der Waals surface area contributed by atoms with Crippen LogP contribution < -0.4 is 0 Å². The number of amides is 1. The van der Waals surface area contributed by atoms with E-state index in [0.29, 0.717) is 42.7 Å². The number of hydrogen-bond acceptors (Lipinski definition) is 8. The number of hydrogen-bond donors (Lipinski definition) is 0. The maximum Gasteiger partial charge on any atom is 0.257 e. The van der Waals surface area contributed by atoms with Gasteiger partial charge in [0.2, 0.25) is 11.7 Å². The third kappa shape index (κ3) is 4.37. The second kappa shape index (κ2) is 8.75. The largest absolute Gasteiger partial charge is 0.338 e. The molecule has 1 amide bonds. The molecule has 9 heteroatoms. The third-order valence-corrected chi connectivity index (χ3v) is 6.02. The molecule has 1 fully saturated rings. The predicted octanol–water partition coefficient (Wildman–Crippen LogP) is 3.21. The topological polar surface area (TPSA) is 88.3 Å². The monoisotopic (exact) mass is 432 g/mol. The highest BCUT2D eigenvalue weighted by Crippen LogP contribution is 2.22. The van der Waals surface area contributed by atoms with Crippen molar-refractivity contribution in [2.45, 2.75) is 6.54 Å². The zero-order valence-electron chi connectivity index (χ0n) is 16.7. The summed E-state index contributed by atoms with van der Waals surface area (Å²) in [6, 6.07) is 13.7. The molecule has 4 aromatic rings. The van der Waals surface area contributed by atoms with Crippen LogP contribution in [0.2, 0.25) is 0 Å². The van der Waals surface area contributed by atoms with Crippen molar-refractivity contribution < 1.29 is 9.32 Å². The average molecular weight is 433 g/mol. The summed E-state index contributed by atoms with van der Waals surface area (Å²) >= 11 is 1.58. The molecule has 4 heterocycles. The van der Waals surface area contributed by atoms with E-state index < -0.39 is 0 Å². The molecule has 156 valence electrons. The number of thiophene rings is 1. The van der Waals surface area contributed by atoms with Gasteiger partial charge >= 0.3 is 0 Å². The minimum Gasteiger partial charge on any atom is -0.338 e. The molecule has 1 aliphatic rings. The second-order valence-corrected chi connectivity index (χ2v) is 8.17. The quantitative estimate of drug-likeness (QED) is 0.478. The van der Waals surface area contributed by atoms with E-state index in [4.69, 9.17) is 4.52 Å². The van der Waals surface area contributed by atoms with Crippen LogP contribution in [0.4, 0.5) is 0 Å². The summed E-state index contributed by atoms with van der Waals surface area (Å²) in [6.07, 6.45) is 3.21. The lowest BCUT2D eigenvalue weighted by Crippen LogP contribution is -2.48. The Morgan fingerprint density at radius 2 is 1.74 bits per heavy atom. The van der Waals surface area contributed by atoms with Crippen LogP contribution in [0.15, 0.2) is 64.8 Å². The Morgan fingerprint density at radius 1 is 0.968 bits per heavy atom. The first-order valence-electron chi connectivity index (χ1n) is 10.0. The molecule has 0 N–H and O–H groups in total. The van der Waals surface area contributed by atoms with Gasteiger partial charge in [-0.3, -0.25) is 9.69 Å². The molecule has 5 rings (SSSR count). The van der Waals surface area contributed by atoms with Crippen molar-refractivity contribution in [2.24, 2.45) is 0 Å². The van der Waals surface area contributed by atoms with Crippen LogP contribution in [-0.4, -0.2) is 62.0 Å². The molecule has 0 bridgehead atoms. The van der Waals surface area contributed by atoms with Gasteiger partial charge in [-0.05, 0) is 11.4 Å². The normalized spacial score (nSPS) is 14.6. The molecule has 0 spiro atoms. The fourth-order valence-corrected chi connectivity index (χ4v) is 4.13. The van der Waals surface area contributed by atoms with Gasteiger partial charge in [-0.25, -0.2) is 9.97 Å². The van der Waals surface area contributed by atoms with Crippen molar-refractivity contribution in [3.05, 3.63) is 71.7 Å². The van der Waals surface area contributed by atoms with Gasteiger partial charge in [0.15, 0.2) is 5.82 Å². The molecule has 31 heavy (non-hydrogen) atoms. The Balaban J connectivity index is 1.16. The van der Waals surface area contributed by atoms with E-state index in [2.05, 4.69) is 25.0 Å². The summed E-state index contributed by atoms with van der Waals surface area (Å²) in [5.74, 6) is 1.78. The number of aromatic nitrogens is 4. The van der Waals surface area contributed by atoms with Crippen molar-refractivity contribution >= 4 is 17.2 Å². The summed E-state index contributed by atoms with van der Waals surface area (Å²) in [5.41, 5.74) is 1.43. The lowest BCUT2D eigenvalue weighted by Gasteiger charge is -2.33. The SMILES string of the molecule is O=C(c1cnc(-c2ccccc2)nc1)N1CCN(Cc2nc(-c3cccs3)no2)CC1. The molecule has 1 saturated heterocycles. The summed E-state index contributed by atoms with van der Waals surface area (Å²) in [7, 11) is 0. The third-order valence-electron chi connectivity index (χ3n) is 5.16. The highest BCUT2D eigenvalue weighted by Gasteiger charge is 2.24. The van der Waals surface area contributed by atoms with Gasteiger partial charge in [-0.1, -0.05) is 41.6 Å². The molecule has 8 nitrogen and oxygen atoms in total. The van der Waals surface area contributed by atoms with E-state index in [1.165, 1.54) is 0 Å². The van der Waals surface area contributed by atoms with Crippen LogP contribution in [-0.2, 0) is 6.54 Å². The summed E-state index contributed by atoms with van der Waals surface area (Å²) in [6.45, 7) is 3.32. The fourth-order valence-electron chi connectivity index (χ4n) is 3.48. The molecule has 1 aromatic carbocycles. The van der Waals surface area contributed by atoms with E-state index in [-0.39, 0.29) is 5.91 Å². The summed E-state index contributed by atoms with van der Waals surface area (Å²) < 4.78 is 5.39. The van der Waals surface area contributed by atoms with Gasteiger partial charge < -0.3 is 9.42 Å². The molecular formula is C22H20N6O2S. The molecule has 1 aliphatic heterocycles. The standard InChI is InChI=1S/C22H20N6O2S/c29-22(17-13-23-20(24-14-17)16-5-2-1-3-6-16)28-10-8-27(9-11-28)15-19-25-21(26-30-19)18-7-4-12-31-18/h1-7,12-14H,8-11,15H2. The molecule has 3 aromatic heterocycles. The molecule has 0 radical (unpaired) electrons. The van der Waals surface area contributed by atoms with Crippen LogP contribution in [0.3, 0.4) is 0 Å². The number of rotatable bonds is 5. The van der Waals surface area contributed by atoms with E-state index in [1.807, 2.05) is 52.7 Å². The van der Waals surface area contributed by atoms with E-state index in [0.717, 1.165) is 23.5 Å². The molecule has 0 aliphatic carbocycles. The Labute approximate surface area is 183 Å². The Hall–Kier alpha value is -3.43. The van der Waals surface area contributed by atoms with Crippen LogP contribution >= 0.6 is 11.3 Å². The number of nitrogens with zero attached hydrogens (tertiary/aromatic N) is 6.